The second-order valence-corrected chi connectivity index (χ2v) is 13.1. The zero-order chi connectivity index (χ0) is 31.5. The van der Waals surface area contributed by atoms with Gasteiger partial charge in [0.15, 0.2) is 0 Å². The summed E-state index contributed by atoms with van der Waals surface area (Å²) < 4.78 is 29.5. The SMILES string of the molecule is CCCCCCCCCCCCCCCCCC(=O)OC[C@H](COP(=O)(O)O[C@H]1[C@H](O)[C@@H](O)[C@H](O)C[C@H]1O)n1ccnc1. The van der Waals surface area contributed by atoms with E-state index in [1.54, 1.807) is 10.8 Å². The Hall–Kier alpha value is -1.37. The summed E-state index contributed by atoms with van der Waals surface area (Å²) >= 11 is 0. The standard InChI is InChI=1S/C30H55N2O10P/c1-2-3-4-5-6-7-8-9-10-11-12-13-14-15-16-17-27(35)40-21-24(32-19-18-31-23-32)22-41-43(38,39)42-30-26(34)20-25(33)28(36)29(30)37/h18-19,23-26,28-30,33-34,36-37H,2-17,20-22H2,1H3,(H,38,39)/t24-,25-,26-,28+,29-,30-/m1/s1. The minimum absolute atomic E-state index is 0.131. The van der Waals surface area contributed by atoms with E-state index in [1.165, 1.54) is 89.6 Å². The quantitative estimate of drug-likeness (QED) is 0.0610. The van der Waals surface area contributed by atoms with Crippen molar-refractivity contribution in [3.63, 3.8) is 0 Å². The van der Waals surface area contributed by atoms with Crippen LogP contribution in [0.5, 0.6) is 0 Å². The van der Waals surface area contributed by atoms with Gasteiger partial charge < -0.3 is 34.6 Å². The van der Waals surface area contributed by atoms with Crippen LogP contribution in [0.3, 0.4) is 0 Å². The number of hydrogen-bond acceptors (Lipinski definition) is 10. The first-order valence-electron chi connectivity index (χ1n) is 16.2. The van der Waals surface area contributed by atoms with Crippen LogP contribution < -0.4 is 0 Å². The largest absolute Gasteiger partial charge is 0.472 e. The molecule has 1 aliphatic carbocycles. The lowest BCUT2D eigenvalue weighted by molar-refractivity contribution is -0.173. The Morgan fingerprint density at radius 2 is 1.42 bits per heavy atom. The normalized spacial score (nSPS) is 24.5. The van der Waals surface area contributed by atoms with Gasteiger partial charge in [0, 0.05) is 25.2 Å². The predicted molar refractivity (Wildman–Crippen MR) is 161 cm³/mol. The van der Waals surface area contributed by atoms with Crippen molar-refractivity contribution in [3.8, 4) is 0 Å². The Morgan fingerprint density at radius 1 is 0.860 bits per heavy atom. The average Bonchev–Trinajstić information content (AvgIpc) is 3.51. The third kappa shape index (κ3) is 15.5. The lowest BCUT2D eigenvalue weighted by Crippen LogP contribution is -2.56. The Morgan fingerprint density at radius 3 is 1.95 bits per heavy atom. The summed E-state index contributed by atoms with van der Waals surface area (Å²) in [5, 5.41) is 39.6. The lowest BCUT2D eigenvalue weighted by atomic mass is 9.87. The molecule has 2 rings (SSSR count). The number of carbonyl (C=O) groups is 1. The van der Waals surface area contributed by atoms with Crippen LogP contribution in [0.1, 0.15) is 122 Å². The van der Waals surface area contributed by atoms with Gasteiger partial charge in [-0.25, -0.2) is 9.55 Å². The summed E-state index contributed by atoms with van der Waals surface area (Å²) in [4.78, 5) is 26.5. The molecule has 0 aromatic carbocycles. The Labute approximate surface area is 256 Å². The first-order valence-corrected chi connectivity index (χ1v) is 17.6. The molecule has 0 saturated heterocycles. The van der Waals surface area contributed by atoms with Crippen LogP contribution in [0.2, 0.25) is 0 Å². The molecule has 0 bridgehead atoms. The molecule has 13 heteroatoms. The molecule has 7 atom stereocenters. The maximum Gasteiger partial charge on any atom is 0.472 e. The zero-order valence-corrected chi connectivity index (χ0v) is 26.6. The van der Waals surface area contributed by atoms with Crippen molar-refractivity contribution in [1.29, 1.82) is 0 Å². The van der Waals surface area contributed by atoms with Crippen molar-refractivity contribution < 1.29 is 48.5 Å². The highest BCUT2D eigenvalue weighted by Gasteiger charge is 2.46. The summed E-state index contributed by atoms with van der Waals surface area (Å²) in [5.41, 5.74) is 0. The van der Waals surface area contributed by atoms with Crippen molar-refractivity contribution in [1.82, 2.24) is 9.55 Å². The van der Waals surface area contributed by atoms with Gasteiger partial charge >= 0.3 is 13.8 Å². The predicted octanol–water partition coefficient (Wildman–Crippen LogP) is 4.58. The third-order valence-corrected chi connectivity index (χ3v) is 8.98. The molecule has 0 spiro atoms. The van der Waals surface area contributed by atoms with Gasteiger partial charge in [-0.3, -0.25) is 13.8 Å². The van der Waals surface area contributed by atoms with E-state index >= 15 is 0 Å². The van der Waals surface area contributed by atoms with Crippen LogP contribution in [0, 0.1) is 0 Å². The number of phosphoric acid groups is 1. The van der Waals surface area contributed by atoms with Gasteiger partial charge in [0.2, 0.25) is 0 Å². The molecule has 0 amide bonds. The number of aromatic nitrogens is 2. The molecule has 1 aromatic rings. The number of hydrogen-bond donors (Lipinski definition) is 5. The second-order valence-electron chi connectivity index (χ2n) is 11.7. The molecule has 1 heterocycles. The van der Waals surface area contributed by atoms with Crippen molar-refractivity contribution >= 4 is 13.8 Å². The number of esters is 1. The van der Waals surface area contributed by atoms with E-state index in [0.29, 0.717) is 0 Å². The van der Waals surface area contributed by atoms with E-state index in [2.05, 4.69) is 11.9 Å². The molecule has 250 valence electrons. The Balaban J connectivity index is 1.60. The van der Waals surface area contributed by atoms with E-state index in [1.807, 2.05) is 0 Å². The van der Waals surface area contributed by atoms with Crippen LogP contribution in [-0.4, -0.2) is 84.6 Å². The van der Waals surface area contributed by atoms with Crippen LogP contribution in [-0.2, 0) is 23.1 Å². The zero-order valence-electron chi connectivity index (χ0n) is 25.8. The van der Waals surface area contributed by atoms with Crippen LogP contribution in [0.4, 0.5) is 0 Å². The second kappa shape index (κ2) is 21.4. The summed E-state index contributed by atoms with van der Waals surface area (Å²) in [7, 11) is -4.82. The molecule has 0 aliphatic heterocycles. The molecular weight excluding hydrogens is 579 g/mol. The Kier molecular flexibility index (Phi) is 18.8. The summed E-state index contributed by atoms with van der Waals surface area (Å²) in [5.74, 6) is -0.371. The third-order valence-electron chi connectivity index (χ3n) is 8.00. The number of phosphoric ester groups is 1. The topological polar surface area (TPSA) is 181 Å². The average molecular weight is 635 g/mol. The highest BCUT2D eigenvalue weighted by atomic mass is 31.2. The first-order chi connectivity index (χ1) is 20.6. The number of ether oxygens (including phenoxy) is 1. The van der Waals surface area contributed by atoms with E-state index < -0.39 is 51.0 Å². The van der Waals surface area contributed by atoms with Crippen molar-refractivity contribution in [2.45, 2.75) is 153 Å². The summed E-state index contributed by atoms with van der Waals surface area (Å²) in [6.07, 6.45) is 15.0. The fraction of sp³-hybridized carbons (Fsp3) is 0.867. The molecule has 0 radical (unpaired) electrons. The van der Waals surface area contributed by atoms with Gasteiger partial charge in [0.25, 0.3) is 0 Å². The maximum absolute atomic E-state index is 12.6. The van der Waals surface area contributed by atoms with E-state index in [-0.39, 0.29) is 25.4 Å². The van der Waals surface area contributed by atoms with Gasteiger partial charge in [0.1, 0.15) is 24.9 Å². The summed E-state index contributed by atoms with van der Waals surface area (Å²) in [6, 6.07) is -0.690. The summed E-state index contributed by atoms with van der Waals surface area (Å²) in [6.45, 7) is 1.71. The Bertz CT molecular complexity index is 906. The van der Waals surface area contributed by atoms with E-state index in [4.69, 9.17) is 13.8 Å². The number of rotatable bonds is 24. The van der Waals surface area contributed by atoms with Crippen LogP contribution in [0.25, 0.3) is 0 Å². The fourth-order valence-corrected chi connectivity index (χ4v) is 6.27. The smallest absolute Gasteiger partial charge is 0.463 e. The number of carbonyl (C=O) groups excluding carboxylic acids is 1. The number of aliphatic hydroxyl groups excluding tert-OH is 4. The minimum Gasteiger partial charge on any atom is -0.463 e. The molecular formula is C30H55N2O10P. The van der Waals surface area contributed by atoms with Crippen molar-refractivity contribution in [3.05, 3.63) is 18.7 Å². The molecule has 43 heavy (non-hydrogen) atoms. The van der Waals surface area contributed by atoms with Gasteiger partial charge in [-0.1, -0.05) is 96.8 Å². The highest BCUT2D eigenvalue weighted by Crippen LogP contribution is 2.47. The van der Waals surface area contributed by atoms with E-state index in [0.717, 1.165) is 19.3 Å². The fourth-order valence-electron chi connectivity index (χ4n) is 5.28. The lowest BCUT2D eigenvalue weighted by Gasteiger charge is -2.38. The maximum atomic E-state index is 12.6. The molecule has 5 N–H and O–H groups in total. The van der Waals surface area contributed by atoms with Crippen molar-refractivity contribution in [2.24, 2.45) is 0 Å². The number of imidazole rings is 1. The van der Waals surface area contributed by atoms with Gasteiger partial charge in [-0.05, 0) is 6.42 Å². The number of aliphatic hydroxyl groups is 4. The number of nitrogens with zero attached hydrogens (tertiary/aromatic N) is 2. The van der Waals surface area contributed by atoms with Crippen LogP contribution >= 0.6 is 7.82 Å². The van der Waals surface area contributed by atoms with Gasteiger partial charge in [-0.2, -0.15) is 0 Å². The number of unbranched alkanes of at least 4 members (excludes halogenated alkanes) is 14. The monoisotopic (exact) mass is 634 g/mol. The molecule has 1 aromatic heterocycles. The molecule has 1 unspecified atom stereocenters. The van der Waals surface area contributed by atoms with E-state index in [9.17, 15) is 34.7 Å². The molecule has 1 aliphatic rings. The van der Waals surface area contributed by atoms with Gasteiger partial charge in [0.05, 0.1) is 31.2 Å². The molecule has 12 nitrogen and oxygen atoms in total. The van der Waals surface area contributed by atoms with Crippen LogP contribution in [0.15, 0.2) is 18.7 Å². The van der Waals surface area contributed by atoms with Crippen molar-refractivity contribution in [2.75, 3.05) is 13.2 Å². The highest BCUT2D eigenvalue weighted by molar-refractivity contribution is 7.47. The molecule has 1 saturated carbocycles. The molecule has 1 fully saturated rings. The minimum atomic E-state index is -4.82. The first kappa shape index (κ1) is 37.8. The van der Waals surface area contributed by atoms with Gasteiger partial charge in [-0.15, -0.1) is 0 Å².